The lowest BCUT2D eigenvalue weighted by molar-refractivity contribution is -0.117. The summed E-state index contributed by atoms with van der Waals surface area (Å²) in [4.78, 5) is 13.7. The molecule has 2 N–H and O–H groups in total. The maximum absolute atomic E-state index is 12.9. The average Bonchev–Trinajstić information content (AvgIpc) is 2.76. The van der Waals surface area contributed by atoms with Crippen molar-refractivity contribution in [2.75, 3.05) is 12.4 Å². The third-order valence-corrected chi connectivity index (χ3v) is 4.19. The minimum atomic E-state index is -0.283. The standard InChI is InChI=1S/C15H13FN2OS/c1-17-14-12-7-6-11(8-13(12)18-15(14)19)20-10-4-2-9(16)3-5-10/h2-8,14,17H,1H3,(H,18,19). The fourth-order valence-electron chi connectivity index (χ4n) is 2.23. The summed E-state index contributed by atoms with van der Waals surface area (Å²) in [6, 6.07) is 11.9. The summed E-state index contributed by atoms with van der Waals surface area (Å²) in [7, 11) is 1.76. The van der Waals surface area contributed by atoms with Gasteiger partial charge in [-0.15, -0.1) is 0 Å². The lowest BCUT2D eigenvalue weighted by Gasteiger charge is -2.07. The highest BCUT2D eigenvalue weighted by atomic mass is 32.2. The van der Waals surface area contributed by atoms with Crippen LogP contribution in [0.3, 0.4) is 0 Å². The van der Waals surface area contributed by atoms with E-state index in [-0.39, 0.29) is 17.8 Å². The Balaban J connectivity index is 1.85. The molecular formula is C15H13FN2OS. The average molecular weight is 288 g/mol. The molecule has 5 heteroatoms. The van der Waals surface area contributed by atoms with Crippen LogP contribution in [0.15, 0.2) is 52.3 Å². The molecule has 20 heavy (non-hydrogen) atoms. The molecule has 3 nitrogen and oxygen atoms in total. The van der Waals surface area contributed by atoms with Crippen LogP contribution < -0.4 is 10.6 Å². The molecule has 1 unspecified atom stereocenters. The van der Waals surface area contributed by atoms with E-state index in [9.17, 15) is 9.18 Å². The van der Waals surface area contributed by atoms with Crippen molar-refractivity contribution in [1.82, 2.24) is 5.32 Å². The molecule has 2 aromatic rings. The summed E-state index contributed by atoms with van der Waals surface area (Å²) in [6.07, 6.45) is 0. The quantitative estimate of drug-likeness (QED) is 0.911. The van der Waals surface area contributed by atoms with Gasteiger partial charge in [-0.25, -0.2) is 4.39 Å². The molecule has 1 heterocycles. The Labute approximate surface area is 120 Å². The third kappa shape index (κ3) is 2.42. The molecule has 0 spiro atoms. The van der Waals surface area contributed by atoms with E-state index in [0.29, 0.717) is 0 Å². The van der Waals surface area contributed by atoms with Crippen molar-refractivity contribution < 1.29 is 9.18 Å². The van der Waals surface area contributed by atoms with Gasteiger partial charge in [-0.2, -0.15) is 0 Å². The number of fused-ring (bicyclic) bond motifs is 1. The van der Waals surface area contributed by atoms with Crippen LogP contribution in [0, 0.1) is 5.82 Å². The van der Waals surface area contributed by atoms with E-state index in [0.717, 1.165) is 21.0 Å². The van der Waals surface area contributed by atoms with Crippen LogP contribution in [0.4, 0.5) is 10.1 Å². The number of carbonyl (C=O) groups is 1. The number of halogens is 1. The normalized spacial score (nSPS) is 16.9. The second-order valence-corrected chi connectivity index (χ2v) is 5.66. The number of benzene rings is 2. The van der Waals surface area contributed by atoms with Crippen LogP contribution in [-0.2, 0) is 4.79 Å². The molecule has 0 saturated heterocycles. The van der Waals surface area contributed by atoms with Gasteiger partial charge >= 0.3 is 0 Å². The molecule has 1 amide bonds. The van der Waals surface area contributed by atoms with Gasteiger partial charge in [-0.1, -0.05) is 17.8 Å². The van der Waals surface area contributed by atoms with Gasteiger partial charge in [0.1, 0.15) is 11.9 Å². The predicted molar refractivity (Wildman–Crippen MR) is 77.4 cm³/mol. The van der Waals surface area contributed by atoms with Crippen molar-refractivity contribution in [3.8, 4) is 0 Å². The molecule has 3 rings (SSSR count). The summed E-state index contributed by atoms with van der Waals surface area (Å²) in [6.45, 7) is 0. The van der Waals surface area contributed by atoms with Crippen LogP contribution in [0.1, 0.15) is 11.6 Å². The van der Waals surface area contributed by atoms with Gasteiger partial charge in [0.15, 0.2) is 0 Å². The summed E-state index contributed by atoms with van der Waals surface area (Å²) < 4.78 is 12.9. The molecule has 0 radical (unpaired) electrons. The first-order valence-electron chi connectivity index (χ1n) is 6.23. The predicted octanol–water partition coefficient (Wildman–Crippen LogP) is 3.19. The van der Waals surface area contributed by atoms with Crippen molar-refractivity contribution in [3.63, 3.8) is 0 Å². The Bertz CT molecular complexity index is 657. The molecular weight excluding hydrogens is 275 g/mol. The zero-order valence-electron chi connectivity index (χ0n) is 10.8. The maximum Gasteiger partial charge on any atom is 0.246 e. The molecule has 0 bridgehead atoms. The molecule has 0 fully saturated rings. The maximum atomic E-state index is 12.9. The van der Waals surface area contributed by atoms with Gasteiger partial charge in [0, 0.05) is 21.0 Å². The van der Waals surface area contributed by atoms with Crippen molar-refractivity contribution in [2.45, 2.75) is 15.8 Å². The topological polar surface area (TPSA) is 41.1 Å². The van der Waals surface area contributed by atoms with Gasteiger partial charge in [0.25, 0.3) is 0 Å². The van der Waals surface area contributed by atoms with E-state index in [4.69, 9.17) is 0 Å². The summed E-state index contributed by atoms with van der Waals surface area (Å²) >= 11 is 1.53. The third-order valence-electron chi connectivity index (χ3n) is 3.19. The largest absolute Gasteiger partial charge is 0.324 e. The first-order valence-corrected chi connectivity index (χ1v) is 7.04. The molecule has 0 aromatic heterocycles. The van der Waals surface area contributed by atoms with Gasteiger partial charge < -0.3 is 10.6 Å². The first kappa shape index (κ1) is 13.1. The summed E-state index contributed by atoms with van der Waals surface area (Å²) in [5.41, 5.74) is 1.79. The van der Waals surface area contributed by atoms with E-state index in [1.807, 2.05) is 18.2 Å². The van der Waals surface area contributed by atoms with Gasteiger partial charge in [0.05, 0.1) is 0 Å². The number of nitrogens with one attached hydrogen (secondary N) is 2. The number of hydrogen-bond acceptors (Lipinski definition) is 3. The SMILES string of the molecule is CNC1C(=O)Nc2cc(Sc3ccc(F)cc3)ccc21. The fourth-order valence-corrected chi connectivity index (χ4v) is 3.09. The molecule has 102 valence electrons. The zero-order valence-corrected chi connectivity index (χ0v) is 11.6. The van der Waals surface area contributed by atoms with E-state index in [1.54, 1.807) is 19.2 Å². The molecule has 1 aliphatic heterocycles. The molecule has 2 aromatic carbocycles. The van der Waals surface area contributed by atoms with Crippen molar-refractivity contribution in [2.24, 2.45) is 0 Å². The van der Waals surface area contributed by atoms with E-state index >= 15 is 0 Å². The van der Waals surface area contributed by atoms with Crippen molar-refractivity contribution in [3.05, 3.63) is 53.8 Å². The Morgan fingerprint density at radius 2 is 1.85 bits per heavy atom. The Hall–Kier alpha value is -1.85. The molecule has 1 aliphatic rings. The number of hydrogen-bond donors (Lipinski definition) is 2. The number of amides is 1. The van der Waals surface area contributed by atoms with Crippen LogP contribution >= 0.6 is 11.8 Å². The van der Waals surface area contributed by atoms with E-state index < -0.39 is 0 Å². The highest BCUT2D eigenvalue weighted by molar-refractivity contribution is 7.99. The lowest BCUT2D eigenvalue weighted by Crippen LogP contribution is -2.23. The second-order valence-electron chi connectivity index (χ2n) is 4.52. The van der Waals surface area contributed by atoms with E-state index in [2.05, 4.69) is 10.6 Å². The second kappa shape index (κ2) is 5.26. The summed E-state index contributed by atoms with van der Waals surface area (Å²) in [5, 5.41) is 5.84. The van der Waals surface area contributed by atoms with Gasteiger partial charge in [-0.3, -0.25) is 4.79 Å². The highest BCUT2D eigenvalue weighted by Crippen LogP contribution is 2.36. The van der Waals surface area contributed by atoms with Crippen LogP contribution in [-0.4, -0.2) is 13.0 Å². The number of likely N-dealkylation sites (N-methyl/N-ethyl adjacent to an activating group) is 1. The Morgan fingerprint density at radius 3 is 2.55 bits per heavy atom. The number of anilines is 1. The minimum Gasteiger partial charge on any atom is -0.324 e. The van der Waals surface area contributed by atoms with Crippen LogP contribution in [0.25, 0.3) is 0 Å². The summed E-state index contributed by atoms with van der Waals surface area (Å²) in [5.74, 6) is -0.279. The monoisotopic (exact) mass is 288 g/mol. The molecule has 0 saturated carbocycles. The first-order chi connectivity index (χ1) is 9.67. The molecule has 1 atom stereocenters. The number of carbonyl (C=O) groups excluding carboxylic acids is 1. The van der Waals surface area contributed by atoms with E-state index in [1.165, 1.54) is 23.9 Å². The Morgan fingerprint density at radius 1 is 1.15 bits per heavy atom. The minimum absolute atomic E-state index is 0.0357. The van der Waals surface area contributed by atoms with Gasteiger partial charge in [0.2, 0.25) is 5.91 Å². The highest BCUT2D eigenvalue weighted by Gasteiger charge is 2.28. The zero-order chi connectivity index (χ0) is 14.1. The fraction of sp³-hybridized carbons (Fsp3) is 0.133. The van der Waals surface area contributed by atoms with Crippen molar-refractivity contribution in [1.29, 1.82) is 0 Å². The molecule has 0 aliphatic carbocycles. The van der Waals surface area contributed by atoms with Crippen molar-refractivity contribution >= 4 is 23.4 Å². The van der Waals surface area contributed by atoms with Gasteiger partial charge in [-0.05, 0) is 43.4 Å². The van der Waals surface area contributed by atoms with Crippen LogP contribution in [0.2, 0.25) is 0 Å². The smallest absolute Gasteiger partial charge is 0.246 e. The number of rotatable bonds is 3. The van der Waals surface area contributed by atoms with Crippen LogP contribution in [0.5, 0.6) is 0 Å². The Kier molecular flexibility index (Phi) is 3.46. The lowest BCUT2D eigenvalue weighted by atomic mass is 10.1.